The normalized spacial score (nSPS) is 23.3. The van der Waals surface area contributed by atoms with E-state index in [1.165, 1.54) is 20.8 Å². The van der Waals surface area contributed by atoms with Crippen LogP contribution in [0.5, 0.6) is 0 Å². The molecule has 0 radical (unpaired) electrons. The molecule has 18 atom stereocenters. The smallest absolute Gasteiger partial charge is 0.316 e. The second kappa shape index (κ2) is 44.1. The lowest BCUT2D eigenvalue weighted by atomic mass is 9.80. The van der Waals surface area contributed by atoms with Crippen LogP contribution in [0.25, 0.3) is 0 Å². The summed E-state index contributed by atoms with van der Waals surface area (Å²) in [5, 5.41) is 33.4. The molecule has 36 nitrogen and oxygen atoms in total. The number of hydrogen-bond donors (Lipinski definition) is 14. The molecule has 1 aromatic carbocycles. The van der Waals surface area contributed by atoms with Crippen molar-refractivity contribution < 1.29 is 86.3 Å². The number of nitrogens with zero attached hydrogens (tertiary/aromatic N) is 4. The van der Waals surface area contributed by atoms with Gasteiger partial charge in [0.05, 0.1) is 18.1 Å². The Bertz CT molecular complexity index is 4700. The maximum atomic E-state index is 14.3. The highest BCUT2D eigenvalue weighted by molar-refractivity contribution is 6.39. The molecule has 9 rings (SSSR count). The fourth-order valence-electron chi connectivity index (χ4n) is 20.1. The summed E-state index contributed by atoms with van der Waals surface area (Å²) in [4.78, 5) is 245. The van der Waals surface area contributed by atoms with Crippen LogP contribution < -0.4 is 75.3 Å². The molecule has 772 valence electrons. The minimum atomic E-state index is -1.11. The zero-order valence-corrected chi connectivity index (χ0v) is 87.8. The van der Waals surface area contributed by atoms with Crippen LogP contribution in [0.2, 0.25) is 0 Å². The van der Waals surface area contributed by atoms with Gasteiger partial charge in [-0.2, -0.15) is 0 Å². The van der Waals surface area contributed by atoms with E-state index in [0.29, 0.717) is 58.5 Å². The van der Waals surface area contributed by atoms with Crippen molar-refractivity contribution in [1.29, 1.82) is 0 Å². The average Bonchev–Trinajstić information content (AvgIpc) is 1.53. The number of benzene rings is 1. The topological polar surface area (TPSA) is 517 Å². The predicted octanol–water partition coefficient (Wildman–Crippen LogP) is 7.12. The number of nitrogens with one attached hydrogen (secondary N) is 12. The lowest BCUT2D eigenvalue weighted by molar-refractivity contribution is -0.145. The van der Waals surface area contributed by atoms with Crippen LogP contribution in [0.4, 0.5) is 14.4 Å². The molecule has 1 unspecified atom stereocenters. The Morgan fingerprint density at radius 2 is 0.739 bits per heavy atom. The van der Waals surface area contributed by atoms with Crippen molar-refractivity contribution in [1.82, 2.24) is 83.4 Å². The molecule has 16 N–H and O–H groups in total. The molecule has 18 amide bonds. The third-order valence-electron chi connectivity index (χ3n) is 29.2. The Morgan fingerprint density at radius 3 is 1.03 bits per heavy atom. The lowest BCUT2D eigenvalue weighted by Crippen LogP contribution is -2.63. The predicted molar refractivity (Wildman–Crippen MR) is 524 cm³/mol. The van der Waals surface area contributed by atoms with Gasteiger partial charge in [-0.25, -0.2) is 14.4 Å². The highest BCUT2D eigenvalue weighted by Gasteiger charge is 2.73. The van der Waals surface area contributed by atoms with Gasteiger partial charge in [-0.1, -0.05) is 248 Å². The monoisotopic (exact) mass is 1930 g/mol. The van der Waals surface area contributed by atoms with Gasteiger partial charge in [0.25, 0.3) is 17.7 Å². The van der Waals surface area contributed by atoms with Crippen LogP contribution in [0.3, 0.4) is 0 Å². The van der Waals surface area contributed by atoms with Gasteiger partial charge >= 0.3 is 18.1 Å². The fraction of sp³-hybridized carbons (Fsp3) is 0.745. The SMILES string of the molecule is C=CCNC(=O)C(=O)C(CCC)NC(=O)[C@@H]1[C@@H]2[C@H](CN1C(=O)[C@@H](NC(=O)N[C@H](C(=O)N(CC)CC)C(C)(C)C)C(C)(C)C)C2(C)C.CC(C)(C)NC(=O)[C@@H](NC(=O)N[C@H](C(=O)N1C[C@H]2[C@@H]([C@H]1C(=O)N[C@@H](CC1CCC1)C(=O)C(N)=O)C2(C)C)C(C)(C)C)C(C)(C)C.CC(C)(C)[C@H](NC(=O)N[C@H](C(=O)N1C[C@H]2[C@@H]([C@H]1C(=O)N[C@@H](CC1CC1)C(=O)C(N)=O)C2(C)C)C(C)(C)C)C(=O)NCc1ccccc1. The summed E-state index contributed by atoms with van der Waals surface area (Å²) < 4.78 is 0. The third-order valence-corrected chi connectivity index (χ3v) is 29.2. The zero-order chi connectivity index (χ0) is 105. The first kappa shape index (κ1) is 114. The number of nitrogens with two attached hydrogens (primary N) is 2. The number of rotatable bonds is 36. The standard InChI is InChI=1S/C35H52N6O6.C34H58N6O6.C33H56N6O6/c1-33(2,3)26(30(45)37-17-20-12-10-9-11-13-20)39-32(47)40-27(34(4,5)6)31(46)41-18-21-23(35(21,7)8)24(41)29(44)38-22(16-19-14-15-19)25(42)28(36)43;1-13-17-21(24(41)28(43)35-18-14-2)36-27(42)23-22-20(34(22,11)12)19-40(23)30(45)26(33(8,9)10)38-31(46)37-25(32(5,6)7)29(44)39(15-3)16-4;1-30(2,3)23(27(43)38-32(7,8)9)36-29(45)37-24(31(4,5)6)28(44)39-16-18-20(33(18,10)11)21(39)26(42)35-19(22(40)25(34)41)15-17-13-12-14-17/h9-13,19,21-24,26-27H,14-18H2,1-8H3,(H2,36,43)(H,37,45)(H,38,44)(H2,39,40,47);14,20-23,25-26H,2,13,15-19H2,1,3-12H3,(H,35,43)(H,36,42)(H2,37,38,46);17-21,23-24H,12-16H2,1-11H3,(H2,34,41)(H,35,42)(H,38,43)(H2,36,37,45)/t21-,22-,23-,24-,26+,27+;20-,21?,22-,23-,25+,26+;18-,19-,20-,21-,23+,24+/m000/s1. The average molecular weight is 1930 g/mol. The first-order chi connectivity index (χ1) is 63.3. The summed E-state index contributed by atoms with van der Waals surface area (Å²) in [6.45, 7) is 62.4. The molecule has 8 fully saturated rings. The van der Waals surface area contributed by atoms with Gasteiger partial charge in [-0.3, -0.25) is 71.9 Å². The summed E-state index contributed by atoms with van der Waals surface area (Å²) in [7, 11) is 0. The number of primary amides is 2. The summed E-state index contributed by atoms with van der Waals surface area (Å²) in [5.41, 5.74) is 6.29. The highest BCUT2D eigenvalue weighted by atomic mass is 16.2. The van der Waals surface area contributed by atoms with E-state index >= 15 is 0 Å². The first-order valence-corrected chi connectivity index (χ1v) is 49.3. The van der Waals surface area contributed by atoms with Gasteiger partial charge in [-0.15, -0.1) is 6.58 Å². The number of piperidine rings is 3. The first-order valence-electron chi connectivity index (χ1n) is 49.3. The number of carbonyl (C=O) groups excluding carboxylic acids is 18. The summed E-state index contributed by atoms with van der Waals surface area (Å²) in [6.07, 6.45) is 7.62. The Labute approximate surface area is 817 Å². The summed E-state index contributed by atoms with van der Waals surface area (Å²) in [5.74, 6) is -8.93. The van der Waals surface area contributed by atoms with Crippen molar-refractivity contribution in [2.45, 2.75) is 350 Å². The van der Waals surface area contributed by atoms with Gasteiger partial charge in [0, 0.05) is 51.4 Å². The molecular weight excluding hydrogens is 1770 g/mol. The number of amides is 18. The van der Waals surface area contributed by atoms with E-state index in [1.807, 2.05) is 238 Å². The molecule has 5 saturated carbocycles. The Balaban J connectivity index is 0.000000282. The molecule has 0 bridgehead atoms. The third kappa shape index (κ3) is 28.4. The molecule has 5 aliphatic carbocycles. The lowest BCUT2D eigenvalue weighted by Gasteiger charge is -2.39. The molecule has 3 saturated heterocycles. The van der Waals surface area contributed by atoms with Crippen LogP contribution >= 0.6 is 0 Å². The number of urea groups is 3. The van der Waals surface area contributed by atoms with Crippen molar-refractivity contribution in [2.75, 3.05) is 39.3 Å². The Kier molecular flexibility index (Phi) is 36.5. The number of likely N-dealkylation sites (tertiary alicyclic amines) is 3. The van der Waals surface area contributed by atoms with Gasteiger partial charge < -0.3 is 94.9 Å². The molecule has 1 aromatic rings. The largest absolute Gasteiger partial charge is 0.363 e. The van der Waals surface area contributed by atoms with Crippen LogP contribution in [0, 0.1) is 96.1 Å². The van der Waals surface area contributed by atoms with E-state index in [4.69, 9.17) is 11.5 Å². The second-order valence-corrected chi connectivity index (χ2v) is 48.8. The number of Topliss-reactive ketones (excluding diaryl/α,β-unsaturated/α-hetero) is 3. The summed E-state index contributed by atoms with van der Waals surface area (Å²) in [6, 6.07) is -4.08. The number of ketones is 3. The van der Waals surface area contributed by atoms with Gasteiger partial charge in [-0.05, 0) is 156 Å². The molecule has 0 spiro atoms. The Hall–Kier alpha value is -10.6. The maximum absolute atomic E-state index is 14.3. The Morgan fingerprint density at radius 1 is 0.420 bits per heavy atom. The minimum Gasteiger partial charge on any atom is -0.363 e. The van der Waals surface area contributed by atoms with Crippen LogP contribution in [0.1, 0.15) is 271 Å². The molecule has 3 heterocycles. The molecule has 138 heavy (non-hydrogen) atoms. The van der Waals surface area contributed by atoms with Crippen molar-refractivity contribution in [3.8, 4) is 0 Å². The van der Waals surface area contributed by atoms with Crippen molar-refractivity contribution >= 4 is 106 Å². The number of likely N-dealkylation sites (N-methyl/N-ethyl adjacent to an activating group) is 1. The van der Waals surface area contributed by atoms with E-state index < -0.39 is 199 Å². The van der Waals surface area contributed by atoms with E-state index in [0.717, 1.165) is 37.7 Å². The van der Waals surface area contributed by atoms with Crippen molar-refractivity contribution in [3.63, 3.8) is 0 Å². The zero-order valence-electron chi connectivity index (χ0n) is 87.8. The van der Waals surface area contributed by atoms with E-state index in [2.05, 4.69) is 70.4 Å². The van der Waals surface area contributed by atoms with Gasteiger partial charge in [0.1, 0.15) is 54.4 Å². The molecule has 8 aliphatic rings. The fourth-order valence-corrected chi connectivity index (χ4v) is 20.1. The van der Waals surface area contributed by atoms with E-state index in [-0.39, 0.29) is 94.3 Å². The van der Waals surface area contributed by atoms with Crippen LogP contribution in [-0.4, -0.2) is 243 Å². The number of carbonyl (C=O) groups is 18. The molecule has 3 aliphatic heterocycles. The maximum Gasteiger partial charge on any atom is 0.316 e. The van der Waals surface area contributed by atoms with Gasteiger partial charge in [0.15, 0.2) is 0 Å². The number of fused-ring (bicyclic) bond motifs is 3. The quantitative estimate of drug-likeness (QED) is 0.0235. The highest BCUT2D eigenvalue weighted by Crippen LogP contribution is 2.67. The molecular formula is C102H166N18O18. The van der Waals surface area contributed by atoms with Crippen molar-refractivity contribution in [2.24, 2.45) is 108 Å². The second-order valence-electron chi connectivity index (χ2n) is 48.8. The van der Waals surface area contributed by atoms with E-state index in [9.17, 15) is 86.3 Å². The van der Waals surface area contributed by atoms with Crippen LogP contribution in [-0.2, 0) is 78.5 Å². The molecule has 36 heteroatoms. The minimum absolute atomic E-state index is 0.0592. The van der Waals surface area contributed by atoms with Crippen LogP contribution in [0.15, 0.2) is 43.0 Å². The summed E-state index contributed by atoms with van der Waals surface area (Å²) >= 11 is 0. The molecule has 0 aromatic heterocycles. The van der Waals surface area contributed by atoms with E-state index in [1.54, 1.807) is 4.90 Å². The number of hydrogen-bond acceptors (Lipinski definition) is 18. The van der Waals surface area contributed by atoms with Gasteiger partial charge in [0.2, 0.25) is 70.5 Å². The van der Waals surface area contributed by atoms with Crippen molar-refractivity contribution in [3.05, 3.63) is 48.6 Å².